The van der Waals surface area contributed by atoms with Crippen molar-refractivity contribution in [3.8, 4) is 5.75 Å². The van der Waals surface area contributed by atoms with Crippen LogP contribution in [0.3, 0.4) is 0 Å². The van der Waals surface area contributed by atoms with Crippen LogP contribution in [0.1, 0.15) is 44.1 Å². The van der Waals surface area contributed by atoms with E-state index in [0.29, 0.717) is 5.56 Å². The third-order valence-electron chi connectivity index (χ3n) is 4.43. The molecule has 1 heterocycles. The molecule has 0 radical (unpaired) electrons. The second-order valence-corrected chi connectivity index (χ2v) is 5.88. The van der Waals surface area contributed by atoms with Crippen molar-refractivity contribution >= 4 is 5.84 Å². The molecule has 4 nitrogen and oxygen atoms in total. The summed E-state index contributed by atoms with van der Waals surface area (Å²) in [5.41, 5.74) is 6.34. The Morgan fingerprint density at radius 1 is 1.30 bits per heavy atom. The van der Waals surface area contributed by atoms with E-state index in [0.717, 1.165) is 38.0 Å². The molecular weight excluding hydrogens is 252 g/mol. The van der Waals surface area contributed by atoms with Crippen molar-refractivity contribution in [2.45, 2.75) is 50.2 Å². The van der Waals surface area contributed by atoms with E-state index in [2.05, 4.69) is 0 Å². The number of nitrogen functional groups attached to an aromatic ring is 1. The number of amidine groups is 1. The largest absolute Gasteiger partial charge is 0.489 e. The molecule has 1 unspecified atom stereocenters. The first-order valence-corrected chi connectivity index (χ1v) is 7.43. The number of hydrogen-bond donors (Lipinski definition) is 2. The Hall–Kier alpha value is -1.55. The summed E-state index contributed by atoms with van der Waals surface area (Å²) in [4.78, 5) is 0. The predicted molar refractivity (Wildman–Crippen MR) is 78.3 cm³/mol. The summed E-state index contributed by atoms with van der Waals surface area (Å²) in [6.45, 7) is 0.771. The zero-order chi connectivity index (χ0) is 14.0. The standard InChI is InChI=1S/C16H22N2O2/c17-15(18)13-5-1-2-6-14(13)20-12-7-10-19-16(11-12)8-3-4-9-16/h1-2,5-6,12H,3-4,7-11H2,(H3,17,18). The lowest BCUT2D eigenvalue weighted by Gasteiger charge is -2.38. The summed E-state index contributed by atoms with van der Waals surface area (Å²) in [7, 11) is 0. The van der Waals surface area contributed by atoms with Gasteiger partial charge in [0.2, 0.25) is 0 Å². The minimum atomic E-state index is 0.0497. The van der Waals surface area contributed by atoms with E-state index in [9.17, 15) is 0 Å². The summed E-state index contributed by atoms with van der Waals surface area (Å²) in [6, 6.07) is 7.54. The molecule has 0 amide bonds. The summed E-state index contributed by atoms with van der Waals surface area (Å²) < 4.78 is 12.2. The van der Waals surface area contributed by atoms with Crippen molar-refractivity contribution in [1.82, 2.24) is 0 Å². The van der Waals surface area contributed by atoms with Gasteiger partial charge in [-0.05, 0) is 25.0 Å². The predicted octanol–water partition coefficient (Wildman–Crippen LogP) is 2.84. The van der Waals surface area contributed by atoms with Crippen LogP contribution in [0.25, 0.3) is 0 Å². The van der Waals surface area contributed by atoms with Gasteiger partial charge < -0.3 is 15.2 Å². The molecule has 1 aromatic rings. The second-order valence-electron chi connectivity index (χ2n) is 5.88. The quantitative estimate of drug-likeness (QED) is 0.658. The Kier molecular flexibility index (Phi) is 3.66. The molecule has 3 rings (SSSR count). The van der Waals surface area contributed by atoms with Crippen LogP contribution in [0.4, 0.5) is 0 Å². The normalized spacial score (nSPS) is 24.7. The maximum absolute atomic E-state index is 7.63. The molecule has 20 heavy (non-hydrogen) atoms. The summed E-state index contributed by atoms with van der Waals surface area (Å²) in [6.07, 6.45) is 6.87. The van der Waals surface area contributed by atoms with Crippen LogP contribution < -0.4 is 10.5 Å². The zero-order valence-electron chi connectivity index (χ0n) is 11.7. The number of nitrogens with one attached hydrogen (secondary N) is 1. The molecule has 2 fully saturated rings. The molecule has 3 N–H and O–H groups in total. The highest BCUT2D eigenvalue weighted by molar-refractivity contribution is 5.97. The number of nitrogens with two attached hydrogens (primary N) is 1. The van der Waals surface area contributed by atoms with E-state index in [1.54, 1.807) is 0 Å². The minimum Gasteiger partial charge on any atom is -0.489 e. The summed E-state index contributed by atoms with van der Waals surface area (Å²) in [5.74, 6) is 0.781. The van der Waals surface area contributed by atoms with Gasteiger partial charge >= 0.3 is 0 Å². The van der Waals surface area contributed by atoms with Crippen LogP contribution in [0.15, 0.2) is 24.3 Å². The zero-order valence-corrected chi connectivity index (χ0v) is 11.7. The van der Waals surface area contributed by atoms with Gasteiger partial charge in [0, 0.05) is 12.8 Å². The molecular formula is C16H22N2O2. The van der Waals surface area contributed by atoms with Gasteiger partial charge in [-0.1, -0.05) is 25.0 Å². The molecule has 2 aliphatic rings. The number of para-hydroxylation sites is 1. The first kappa shape index (κ1) is 13.4. The highest BCUT2D eigenvalue weighted by Gasteiger charge is 2.40. The molecule has 1 spiro atoms. The smallest absolute Gasteiger partial charge is 0.130 e. The summed E-state index contributed by atoms with van der Waals surface area (Å²) in [5, 5.41) is 7.63. The molecule has 1 saturated carbocycles. The van der Waals surface area contributed by atoms with Crippen molar-refractivity contribution in [3.63, 3.8) is 0 Å². The lowest BCUT2D eigenvalue weighted by atomic mass is 9.90. The van der Waals surface area contributed by atoms with Crippen LogP contribution in [-0.4, -0.2) is 24.1 Å². The molecule has 4 heteroatoms. The molecule has 0 bridgehead atoms. The first-order valence-electron chi connectivity index (χ1n) is 7.43. The van der Waals surface area contributed by atoms with Crippen molar-refractivity contribution in [2.75, 3.05) is 6.61 Å². The molecule has 0 aromatic heterocycles. The van der Waals surface area contributed by atoms with Gasteiger partial charge in [-0.25, -0.2) is 0 Å². The van der Waals surface area contributed by atoms with E-state index in [1.807, 2.05) is 24.3 Å². The third-order valence-corrected chi connectivity index (χ3v) is 4.43. The fourth-order valence-electron chi connectivity index (χ4n) is 3.42. The Morgan fingerprint density at radius 2 is 2.05 bits per heavy atom. The second kappa shape index (κ2) is 5.44. The minimum absolute atomic E-state index is 0.0497. The van der Waals surface area contributed by atoms with Crippen LogP contribution in [-0.2, 0) is 4.74 Å². The highest BCUT2D eigenvalue weighted by atomic mass is 16.5. The molecule has 1 aliphatic carbocycles. The lowest BCUT2D eigenvalue weighted by molar-refractivity contribution is -0.108. The molecule has 1 aliphatic heterocycles. The Balaban J connectivity index is 1.73. The third kappa shape index (κ3) is 2.66. The van der Waals surface area contributed by atoms with Crippen molar-refractivity contribution in [2.24, 2.45) is 5.73 Å². The molecule has 108 valence electrons. The fraction of sp³-hybridized carbons (Fsp3) is 0.562. The SMILES string of the molecule is N=C(N)c1ccccc1OC1CCOC2(CCCC2)C1. The molecule has 1 aromatic carbocycles. The Labute approximate surface area is 119 Å². The first-order chi connectivity index (χ1) is 9.69. The number of rotatable bonds is 3. The van der Waals surface area contributed by atoms with Crippen LogP contribution in [0.2, 0.25) is 0 Å². The van der Waals surface area contributed by atoms with Gasteiger partial charge in [0.05, 0.1) is 17.8 Å². The topological polar surface area (TPSA) is 68.3 Å². The van der Waals surface area contributed by atoms with Crippen LogP contribution in [0, 0.1) is 5.41 Å². The van der Waals surface area contributed by atoms with Crippen LogP contribution >= 0.6 is 0 Å². The van der Waals surface area contributed by atoms with E-state index < -0.39 is 0 Å². The highest BCUT2D eigenvalue weighted by Crippen LogP contribution is 2.41. The van der Waals surface area contributed by atoms with Crippen molar-refractivity contribution in [1.29, 1.82) is 5.41 Å². The van der Waals surface area contributed by atoms with Gasteiger partial charge in [0.1, 0.15) is 17.7 Å². The lowest BCUT2D eigenvalue weighted by Crippen LogP contribution is -2.41. The van der Waals surface area contributed by atoms with E-state index in [4.69, 9.17) is 20.6 Å². The molecule has 1 atom stereocenters. The van der Waals surface area contributed by atoms with E-state index in [-0.39, 0.29) is 17.5 Å². The average molecular weight is 274 g/mol. The van der Waals surface area contributed by atoms with Crippen molar-refractivity contribution in [3.05, 3.63) is 29.8 Å². The van der Waals surface area contributed by atoms with Gasteiger partial charge in [-0.15, -0.1) is 0 Å². The van der Waals surface area contributed by atoms with Gasteiger partial charge in [-0.2, -0.15) is 0 Å². The number of hydrogen-bond acceptors (Lipinski definition) is 3. The van der Waals surface area contributed by atoms with E-state index in [1.165, 1.54) is 12.8 Å². The van der Waals surface area contributed by atoms with Gasteiger partial charge in [-0.3, -0.25) is 5.41 Å². The molecule has 1 saturated heterocycles. The van der Waals surface area contributed by atoms with Crippen LogP contribution in [0.5, 0.6) is 5.75 Å². The number of benzene rings is 1. The maximum Gasteiger partial charge on any atom is 0.130 e. The fourth-order valence-corrected chi connectivity index (χ4v) is 3.42. The monoisotopic (exact) mass is 274 g/mol. The van der Waals surface area contributed by atoms with Gasteiger partial charge in [0.15, 0.2) is 0 Å². The summed E-state index contributed by atoms with van der Waals surface area (Å²) >= 11 is 0. The number of ether oxygens (including phenoxy) is 2. The Morgan fingerprint density at radius 3 is 2.80 bits per heavy atom. The average Bonchev–Trinajstić information content (AvgIpc) is 2.87. The maximum atomic E-state index is 7.63. The van der Waals surface area contributed by atoms with Gasteiger partial charge in [0.25, 0.3) is 0 Å². The Bertz CT molecular complexity index is 495. The van der Waals surface area contributed by atoms with E-state index >= 15 is 0 Å². The van der Waals surface area contributed by atoms with Crippen molar-refractivity contribution < 1.29 is 9.47 Å².